The first-order chi connectivity index (χ1) is 7.58. The summed E-state index contributed by atoms with van der Waals surface area (Å²) in [7, 11) is 0. The van der Waals surface area contributed by atoms with E-state index in [9.17, 15) is 4.79 Å². The summed E-state index contributed by atoms with van der Waals surface area (Å²) in [6.07, 6.45) is 5.99. The monoisotopic (exact) mass is 227 g/mol. The number of aliphatic carboxylic acids is 1. The Bertz CT molecular complexity index is 208. The highest BCUT2D eigenvalue weighted by atomic mass is 16.4. The Kier molecular flexibility index (Phi) is 5.81. The first kappa shape index (κ1) is 13.5. The lowest BCUT2D eigenvalue weighted by Crippen LogP contribution is -2.36. The second-order valence-electron chi connectivity index (χ2n) is 5.42. The molecule has 0 saturated heterocycles. The van der Waals surface area contributed by atoms with Crippen LogP contribution in [0.15, 0.2) is 0 Å². The molecule has 0 aromatic carbocycles. The molecular formula is C13H25NO2. The van der Waals surface area contributed by atoms with E-state index in [1.165, 1.54) is 19.3 Å². The van der Waals surface area contributed by atoms with E-state index in [1.54, 1.807) is 0 Å². The maximum absolute atomic E-state index is 10.3. The maximum atomic E-state index is 10.3. The summed E-state index contributed by atoms with van der Waals surface area (Å²) >= 11 is 0. The fraction of sp³-hybridized carbons (Fsp3) is 0.923. The van der Waals surface area contributed by atoms with Crippen LogP contribution in [-0.4, -0.2) is 23.7 Å². The largest absolute Gasteiger partial charge is 0.481 e. The summed E-state index contributed by atoms with van der Waals surface area (Å²) in [4.78, 5) is 10.3. The summed E-state index contributed by atoms with van der Waals surface area (Å²) in [5.41, 5.74) is 0. The highest BCUT2D eigenvalue weighted by Gasteiger charge is 2.22. The fourth-order valence-corrected chi connectivity index (χ4v) is 2.82. The van der Waals surface area contributed by atoms with E-state index in [2.05, 4.69) is 19.2 Å². The first-order valence-corrected chi connectivity index (χ1v) is 6.53. The second kappa shape index (κ2) is 6.89. The Labute approximate surface area is 98.6 Å². The predicted molar refractivity (Wildman–Crippen MR) is 65.5 cm³/mol. The van der Waals surface area contributed by atoms with Crippen molar-refractivity contribution in [2.45, 2.75) is 58.4 Å². The molecule has 16 heavy (non-hydrogen) atoms. The van der Waals surface area contributed by atoms with Crippen molar-refractivity contribution >= 4 is 5.97 Å². The van der Waals surface area contributed by atoms with Crippen molar-refractivity contribution < 1.29 is 9.90 Å². The van der Waals surface area contributed by atoms with Gasteiger partial charge in [0.15, 0.2) is 0 Å². The van der Waals surface area contributed by atoms with Crippen molar-refractivity contribution in [2.75, 3.05) is 6.54 Å². The van der Waals surface area contributed by atoms with Crippen molar-refractivity contribution in [3.05, 3.63) is 0 Å². The van der Waals surface area contributed by atoms with E-state index in [-0.39, 0.29) is 0 Å². The fourth-order valence-electron chi connectivity index (χ4n) is 2.82. The van der Waals surface area contributed by atoms with Gasteiger partial charge in [0.25, 0.3) is 0 Å². The Balaban J connectivity index is 2.06. The van der Waals surface area contributed by atoms with Crippen LogP contribution in [0.1, 0.15) is 52.4 Å². The average Bonchev–Trinajstić information content (AvgIpc) is 2.15. The van der Waals surface area contributed by atoms with Gasteiger partial charge in [0.2, 0.25) is 0 Å². The number of hydrogen-bond acceptors (Lipinski definition) is 2. The molecule has 2 atom stereocenters. The van der Waals surface area contributed by atoms with Crippen molar-refractivity contribution in [3.63, 3.8) is 0 Å². The molecule has 2 unspecified atom stereocenters. The Morgan fingerprint density at radius 2 is 1.81 bits per heavy atom. The number of nitrogens with one attached hydrogen (secondary N) is 1. The van der Waals surface area contributed by atoms with Gasteiger partial charge in [-0.2, -0.15) is 0 Å². The van der Waals surface area contributed by atoms with Crippen LogP contribution in [0.3, 0.4) is 0 Å². The summed E-state index contributed by atoms with van der Waals surface area (Å²) in [6.45, 7) is 5.63. The normalized spacial score (nSPS) is 30.2. The van der Waals surface area contributed by atoms with Gasteiger partial charge in [-0.25, -0.2) is 0 Å². The van der Waals surface area contributed by atoms with Gasteiger partial charge < -0.3 is 10.4 Å². The number of hydrogen-bond donors (Lipinski definition) is 2. The van der Waals surface area contributed by atoms with Gasteiger partial charge in [0.1, 0.15) is 0 Å². The van der Waals surface area contributed by atoms with Crippen LogP contribution < -0.4 is 5.32 Å². The van der Waals surface area contributed by atoms with E-state index < -0.39 is 5.97 Å². The quantitative estimate of drug-likeness (QED) is 0.686. The van der Waals surface area contributed by atoms with E-state index in [4.69, 9.17) is 5.11 Å². The van der Waals surface area contributed by atoms with Gasteiger partial charge in [-0.3, -0.25) is 4.79 Å². The third-order valence-electron chi connectivity index (χ3n) is 3.43. The highest BCUT2D eigenvalue weighted by Crippen LogP contribution is 2.28. The molecule has 1 aliphatic rings. The number of unbranched alkanes of at least 4 members (excludes halogenated alkanes) is 1. The molecule has 0 spiro atoms. The van der Waals surface area contributed by atoms with E-state index in [0.717, 1.165) is 31.2 Å². The zero-order valence-electron chi connectivity index (χ0n) is 10.5. The lowest BCUT2D eigenvalue weighted by Gasteiger charge is -2.32. The molecule has 2 N–H and O–H groups in total. The highest BCUT2D eigenvalue weighted by molar-refractivity contribution is 5.66. The van der Waals surface area contributed by atoms with Gasteiger partial charge in [-0.1, -0.05) is 13.8 Å². The van der Waals surface area contributed by atoms with Crippen LogP contribution in [0.4, 0.5) is 0 Å². The summed E-state index contributed by atoms with van der Waals surface area (Å²) in [6, 6.07) is 0.656. The summed E-state index contributed by atoms with van der Waals surface area (Å²) in [5, 5.41) is 12.1. The predicted octanol–water partition coefficient (Wildman–Crippen LogP) is 2.66. The average molecular weight is 227 g/mol. The third-order valence-corrected chi connectivity index (χ3v) is 3.43. The second-order valence-corrected chi connectivity index (χ2v) is 5.42. The maximum Gasteiger partial charge on any atom is 0.303 e. The SMILES string of the molecule is CC1CC(C)CC(NCCCCC(=O)O)C1. The van der Waals surface area contributed by atoms with Crippen molar-refractivity contribution in [2.24, 2.45) is 11.8 Å². The minimum absolute atomic E-state index is 0.305. The molecule has 0 heterocycles. The van der Waals surface area contributed by atoms with Crippen LogP contribution in [-0.2, 0) is 4.79 Å². The van der Waals surface area contributed by atoms with Crippen LogP contribution in [0, 0.1) is 11.8 Å². The molecule has 3 heteroatoms. The summed E-state index contributed by atoms with van der Waals surface area (Å²) in [5.74, 6) is 0.987. The number of carbonyl (C=O) groups is 1. The first-order valence-electron chi connectivity index (χ1n) is 6.53. The molecule has 0 radical (unpaired) electrons. The van der Waals surface area contributed by atoms with Crippen molar-refractivity contribution in [1.29, 1.82) is 0 Å². The number of carboxylic acid groups (broad SMARTS) is 1. The Hall–Kier alpha value is -0.570. The zero-order chi connectivity index (χ0) is 12.0. The van der Waals surface area contributed by atoms with Crippen LogP contribution in [0.25, 0.3) is 0 Å². The van der Waals surface area contributed by atoms with Crippen molar-refractivity contribution in [3.8, 4) is 0 Å². The Morgan fingerprint density at radius 1 is 1.19 bits per heavy atom. The molecule has 0 bridgehead atoms. The molecule has 1 saturated carbocycles. The van der Waals surface area contributed by atoms with Crippen LogP contribution in [0.5, 0.6) is 0 Å². The molecular weight excluding hydrogens is 202 g/mol. The smallest absolute Gasteiger partial charge is 0.303 e. The minimum atomic E-state index is -0.681. The third kappa shape index (κ3) is 5.50. The van der Waals surface area contributed by atoms with Crippen LogP contribution >= 0.6 is 0 Å². The van der Waals surface area contributed by atoms with E-state index >= 15 is 0 Å². The lowest BCUT2D eigenvalue weighted by molar-refractivity contribution is -0.137. The van der Waals surface area contributed by atoms with E-state index in [0.29, 0.717) is 12.5 Å². The zero-order valence-corrected chi connectivity index (χ0v) is 10.5. The van der Waals surface area contributed by atoms with Crippen LogP contribution in [0.2, 0.25) is 0 Å². The standard InChI is InChI=1S/C13H25NO2/c1-10-7-11(2)9-12(8-10)14-6-4-3-5-13(15)16/h10-12,14H,3-9H2,1-2H3,(H,15,16). The van der Waals surface area contributed by atoms with Gasteiger partial charge in [0, 0.05) is 12.5 Å². The van der Waals surface area contributed by atoms with Gasteiger partial charge >= 0.3 is 5.97 Å². The van der Waals surface area contributed by atoms with Crippen molar-refractivity contribution in [1.82, 2.24) is 5.32 Å². The molecule has 0 amide bonds. The van der Waals surface area contributed by atoms with Gasteiger partial charge in [-0.15, -0.1) is 0 Å². The molecule has 0 aliphatic heterocycles. The lowest BCUT2D eigenvalue weighted by atomic mass is 9.80. The molecule has 1 fully saturated rings. The number of rotatable bonds is 6. The molecule has 0 aromatic heterocycles. The van der Waals surface area contributed by atoms with E-state index in [1.807, 2.05) is 0 Å². The molecule has 3 nitrogen and oxygen atoms in total. The molecule has 1 rings (SSSR count). The molecule has 1 aliphatic carbocycles. The topological polar surface area (TPSA) is 49.3 Å². The molecule has 0 aromatic rings. The van der Waals surface area contributed by atoms with Gasteiger partial charge in [0.05, 0.1) is 0 Å². The minimum Gasteiger partial charge on any atom is -0.481 e. The van der Waals surface area contributed by atoms with Gasteiger partial charge in [-0.05, 0) is 50.5 Å². The molecule has 94 valence electrons. The number of carboxylic acids is 1. The summed E-state index contributed by atoms with van der Waals surface area (Å²) < 4.78 is 0. The Morgan fingerprint density at radius 3 is 2.38 bits per heavy atom.